The van der Waals surface area contributed by atoms with Crippen LogP contribution in [0.15, 0.2) is 48.5 Å². The Morgan fingerprint density at radius 1 is 1.00 bits per heavy atom. The van der Waals surface area contributed by atoms with Crippen molar-refractivity contribution in [2.75, 3.05) is 45.5 Å². The van der Waals surface area contributed by atoms with Crippen molar-refractivity contribution in [1.82, 2.24) is 25.2 Å². The quantitative estimate of drug-likeness (QED) is 0.347. The first kappa shape index (κ1) is 32.9. The summed E-state index contributed by atoms with van der Waals surface area (Å²) >= 11 is 6.11. The maximum Gasteiger partial charge on any atom is 0.245 e. The van der Waals surface area contributed by atoms with Crippen molar-refractivity contribution in [2.45, 2.75) is 69.5 Å². The van der Waals surface area contributed by atoms with Gasteiger partial charge in [-0.3, -0.25) is 14.5 Å². The molecule has 0 radical (unpaired) electrons. The SMILES string of the molecule is CS(=O)(=O)NCC(C1CCCCC1)N1CCN(C(=O)C(Cc2ccc(Cl)cc2)NC(=O)CC2NCCc3ccccc32)CC1. The number of carbonyl (C=O) groups is 2. The molecule has 44 heavy (non-hydrogen) atoms. The number of fused-ring (bicyclic) bond motifs is 1. The zero-order valence-corrected chi connectivity index (χ0v) is 27.2. The van der Waals surface area contributed by atoms with Gasteiger partial charge in [0.1, 0.15) is 6.04 Å². The maximum atomic E-state index is 14.0. The van der Waals surface area contributed by atoms with E-state index in [1.165, 1.54) is 31.1 Å². The Bertz CT molecular complexity index is 1370. The van der Waals surface area contributed by atoms with E-state index in [2.05, 4.69) is 32.4 Å². The van der Waals surface area contributed by atoms with Gasteiger partial charge in [0.2, 0.25) is 21.8 Å². The molecule has 2 aromatic rings. The first-order chi connectivity index (χ1) is 21.2. The number of rotatable bonds is 11. The van der Waals surface area contributed by atoms with E-state index in [0.29, 0.717) is 50.1 Å². The average molecular weight is 644 g/mol. The predicted octanol–water partition coefficient (Wildman–Crippen LogP) is 3.29. The van der Waals surface area contributed by atoms with Crippen molar-refractivity contribution in [3.63, 3.8) is 0 Å². The second-order valence-electron chi connectivity index (χ2n) is 12.6. The van der Waals surface area contributed by atoms with E-state index in [-0.39, 0.29) is 30.3 Å². The van der Waals surface area contributed by atoms with E-state index in [0.717, 1.165) is 36.9 Å². The molecule has 0 aromatic heterocycles. The summed E-state index contributed by atoms with van der Waals surface area (Å²) in [4.78, 5) is 31.6. The van der Waals surface area contributed by atoms with Gasteiger partial charge in [-0.15, -0.1) is 0 Å². The van der Waals surface area contributed by atoms with Gasteiger partial charge in [-0.25, -0.2) is 13.1 Å². The lowest BCUT2D eigenvalue weighted by Gasteiger charge is -2.44. The number of amides is 2. The van der Waals surface area contributed by atoms with Gasteiger partial charge in [0.05, 0.1) is 6.26 Å². The molecule has 2 heterocycles. The molecular formula is C33H46ClN5O4S. The maximum absolute atomic E-state index is 14.0. The highest BCUT2D eigenvalue weighted by Crippen LogP contribution is 2.30. The molecule has 1 saturated carbocycles. The van der Waals surface area contributed by atoms with Gasteiger partial charge in [-0.2, -0.15) is 0 Å². The highest BCUT2D eigenvalue weighted by Gasteiger charge is 2.35. The van der Waals surface area contributed by atoms with Crippen LogP contribution in [0.25, 0.3) is 0 Å². The van der Waals surface area contributed by atoms with Gasteiger partial charge in [-0.05, 0) is 60.5 Å². The molecular weight excluding hydrogens is 598 g/mol. The molecule has 2 amide bonds. The van der Waals surface area contributed by atoms with Crippen LogP contribution in [0.2, 0.25) is 5.02 Å². The van der Waals surface area contributed by atoms with Crippen LogP contribution in [0, 0.1) is 5.92 Å². The van der Waals surface area contributed by atoms with Gasteiger partial charge < -0.3 is 15.5 Å². The van der Waals surface area contributed by atoms with Gasteiger partial charge in [0.25, 0.3) is 0 Å². The summed E-state index contributed by atoms with van der Waals surface area (Å²) in [7, 11) is -3.30. The number of hydrogen-bond donors (Lipinski definition) is 3. The van der Waals surface area contributed by atoms with Crippen LogP contribution >= 0.6 is 11.6 Å². The number of hydrogen-bond acceptors (Lipinski definition) is 6. The fraction of sp³-hybridized carbons (Fsp3) is 0.576. The molecule has 3 unspecified atom stereocenters. The topological polar surface area (TPSA) is 111 Å². The van der Waals surface area contributed by atoms with Crippen LogP contribution in [0.4, 0.5) is 0 Å². The third-order valence-electron chi connectivity index (χ3n) is 9.44. The monoisotopic (exact) mass is 643 g/mol. The minimum atomic E-state index is -3.30. The van der Waals surface area contributed by atoms with E-state index in [1.54, 1.807) is 12.1 Å². The summed E-state index contributed by atoms with van der Waals surface area (Å²) < 4.78 is 26.6. The lowest BCUT2D eigenvalue weighted by atomic mass is 9.83. The molecule has 2 aromatic carbocycles. The molecule has 2 fully saturated rings. The van der Waals surface area contributed by atoms with Gasteiger partial charge in [0.15, 0.2) is 0 Å². The van der Waals surface area contributed by atoms with E-state index >= 15 is 0 Å². The van der Waals surface area contributed by atoms with E-state index < -0.39 is 16.1 Å². The summed E-state index contributed by atoms with van der Waals surface area (Å²) in [6, 6.07) is 14.9. The van der Waals surface area contributed by atoms with Crippen molar-refractivity contribution in [3.8, 4) is 0 Å². The van der Waals surface area contributed by atoms with Crippen molar-refractivity contribution < 1.29 is 18.0 Å². The van der Waals surface area contributed by atoms with Crippen LogP contribution in [0.3, 0.4) is 0 Å². The summed E-state index contributed by atoms with van der Waals surface area (Å²) in [6.07, 6.45) is 8.55. The predicted molar refractivity (Wildman–Crippen MR) is 174 cm³/mol. The molecule has 2 aliphatic heterocycles. The fourth-order valence-corrected chi connectivity index (χ4v) is 7.71. The molecule has 9 nitrogen and oxygen atoms in total. The zero-order chi connectivity index (χ0) is 31.1. The third kappa shape index (κ3) is 9.03. The summed E-state index contributed by atoms with van der Waals surface area (Å²) in [6.45, 7) is 3.61. The number of benzene rings is 2. The minimum Gasteiger partial charge on any atom is -0.344 e. The van der Waals surface area contributed by atoms with Crippen LogP contribution in [-0.2, 0) is 32.5 Å². The Balaban J connectivity index is 1.25. The number of halogens is 1. The summed E-state index contributed by atoms with van der Waals surface area (Å²) in [5, 5.41) is 7.18. The van der Waals surface area contributed by atoms with Crippen LogP contribution in [0.5, 0.6) is 0 Å². The Hall–Kier alpha value is -2.50. The second kappa shape index (κ2) is 15.2. The summed E-state index contributed by atoms with van der Waals surface area (Å²) in [5.41, 5.74) is 3.33. The summed E-state index contributed by atoms with van der Waals surface area (Å²) in [5.74, 6) is 0.193. The Morgan fingerprint density at radius 3 is 2.41 bits per heavy atom. The zero-order valence-electron chi connectivity index (χ0n) is 25.6. The third-order valence-corrected chi connectivity index (χ3v) is 10.4. The van der Waals surface area contributed by atoms with Crippen molar-refractivity contribution >= 4 is 33.4 Å². The molecule has 1 saturated heterocycles. The van der Waals surface area contributed by atoms with Crippen molar-refractivity contribution in [1.29, 1.82) is 0 Å². The highest BCUT2D eigenvalue weighted by molar-refractivity contribution is 7.88. The Morgan fingerprint density at radius 2 is 1.70 bits per heavy atom. The molecule has 0 bridgehead atoms. The highest BCUT2D eigenvalue weighted by atomic mass is 35.5. The van der Waals surface area contributed by atoms with Gasteiger partial charge in [-0.1, -0.05) is 67.3 Å². The number of nitrogens with zero attached hydrogens (tertiary/aromatic N) is 2. The first-order valence-corrected chi connectivity index (χ1v) is 18.3. The van der Waals surface area contributed by atoms with Crippen LogP contribution in [0.1, 0.15) is 61.3 Å². The Labute approximate surface area is 267 Å². The van der Waals surface area contributed by atoms with Gasteiger partial charge >= 0.3 is 0 Å². The largest absolute Gasteiger partial charge is 0.344 e. The molecule has 1 aliphatic carbocycles. The van der Waals surface area contributed by atoms with E-state index in [1.807, 2.05) is 29.2 Å². The van der Waals surface area contributed by atoms with Gasteiger partial charge in [0, 0.05) is 62.7 Å². The lowest BCUT2D eigenvalue weighted by Crippen LogP contribution is -2.59. The Kier molecular flexibility index (Phi) is 11.4. The van der Waals surface area contributed by atoms with Crippen LogP contribution < -0.4 is 15.4 Å². The first-order valence-electron chi connectivity index (χ1n) is 16.0. The van der Waals surface area contributed by atoms with Crippen molar-refractivity contribution in [3.05, 3.63) is 70.2 Å². The molecule has 0 spiro atoms. The van der Waals surface area contributed by atoms with Crippen molar-refractivity contribution in [2.24, 2.45) is 5.92 Å². The second-order valence-corrected chi connectivity index (χ2v) is 14.8. The molecule has 3 atom stereocenters. The van der Waals surface area contributed by atoms with Crippen LogP contribution in [-0.4, -0.2) is 87.6 Å². The number of carbonyl (C=O) groups excluding carboxylic acids is 2. The lowest BCUT2D eigenvalue weighted by molar-refractivity contribution is -0.138. The minimum absolute atomic E-state index is 0.0894. The average Bonchev–Trinajstić information content (AvgIpc) is 3.02. The number of sulfonamides is 1. The fourth-order valence-electron chi connectivity index (χ4n) is 7.11. The molecule has 240 valence electrons. The number of piperazine rings is 1. The standard InChI is InChI=1S/C33H46ClN5O4S/c1-44(42,43)36-23-31(26-8-3-2-4-9-26)38-17-19-39(20-18-38)33(41)30(21-24-11-13-27(34)14-12-24)37-32(40)22-29-28-10-6-5-7-25(28)15-16-35-29/h5-7,10-14,26,29-31,35-36H,2-4,8-9,15-23H2,1H3,(H,37,40). The molecule has 5 rings (SSSR count). The normalized spacial score (nSPS) is 21.3. The molecule has 3 N–H and O–H groups in total. The van der Waals surface area contributed by atoms with E-state index in [4.69, 9.17) is 11.6 Å². The molecule has 11 heteroatoms. The van der Waals surface area contributed by atoms with E-state index in [9.17, 15) is 18.0 Å². The smallest absolute Gasteiger partial charge is 0.245 e. The number of nitrogens with one attached hydrogen (secondary N) is 3. The molecule has 3 aliphatic rings.